The highest BCUT2D eigenvalue weighted by Gasteiger charge is 2.07. The van der Waals surface area contributed by atoms with Gasteiger partial charge in [0.1, 0.15) is 12.4 Å². The van der Waals surface area contributed by atoms with Crippen LogP contribution in [-0.2, 0) is 6.61 Å². The van der Waals surface area contributed by atoms with Crippen LogP contribution in [0, 0.1) is 5.82 Å². The summed E-state index contributed by atoms with van der Waals surface area (Å²) in [7, 11) is 1.57. The Bertz CT molecular complexity index is 549. The lowest BCUT2D eigenvalue weighted by molar-refractivity contribution is 0.276. The van der Waals surface area contributed by atoms with Crippen LogP contribution in [-0.4, -0.2) is 17.1 Å². The number of anilines is 1. The number of nitrogens with two attached hydrogens (primary N) is 1. The predicted molar refractivity (Wildman–Crippen MR) is 63.7 cm³/mol. The van der Waals surface area contributed by atoms with E-state index < -0.39 is 5.82 Å². The molecule has 0 aliphatic rings. The molecule has 6 heteroatoms. The lowest BCUT2D eigenvalue weighted by atomic mass is 10.2. The third-order valence-electron chi connectivity index (χ3n) is 2.24. The van der Waals surface area contributed by atoms with Crippen LogP contribution in [0.1, 0.15) is 5.56 Å². The third kappa shape index (κ3) is 2.85. The van der Waals surface area contributed by atoms with Crippen LogP contribution in [0.3, 0.4) is 0 Å². The molecule has 1 heterocycles. The summed E-state index contributed by atoms with van der Waals surface area (Å²) < 4.78 is 23.6. The van der Waals surface area contributed by atoms with Crippen molar-refractivity contribution in [2.75, 3.05) is 12.8 Å². The maximum Gasteiger partial charge on any atom is 0.255 e. The molecule has 0 aliphatic carbocycles. The van der Waals surface area contributed by atoms with Gasteiger partial charge in [0.25, 0.3) is 5.88 Å². The van der Waals surface area contributed by atoms with Crippen LogP contribution >= 0.6 is 0 Å². The quantitative estimate of drug-likeness (QED) is 0.894. The van der Waals surface area contributed by atoms with E-state index in [0.29, 0.717) is 5.75 Å². The molecule has 0 saturated heterocycles. The largest absolute Gasteiger partial charge is 0.497 e. The minimum absolute atomic E-state index is 0.0305. The van der Waals surface area contributed by atoms with Crippen molar-refractivity contribution in [2.24, 2.45) is 0 Å². The van der Waals surface area contributed by atoms with E-state index in [-0.39, 0.29) is 18.4 Å². The van der Waals surface area contributed by atoms with E-state index in [0.717, 1.165) is 11.8 Å². The van der Waals surface area contributed by atoms with Crippen molar-refractivity contribution in [1.82, 2.24) is 9.97 Å². The average Bonchev–Trinajstić information content (AvgIpc) is 2.40. The van der Waals surface area contributed by atoms with Crippen molar-refractivity contribution in [3.8, 4) is 11.6 Å². The Hall–Kier alpha value is -2.37. The van der Waals surface area contributed by atoms with E-state index in [1.54, 1.807) is 13.2 Å². The lowest BCUT2D eigenvalue weighted by Crippen LogP contribution is -2.03. The molecule has 1 aromatic heterocycles. The molecule has 0 spiro atoms. The first-order valence-electron chi connectivity index (χ1n) is 5.23. The van der Waals surface area contributed by atoms with E-state index in [4.69, 9.17) is 15.2 Å². The molecule has 0 fully saturated rings. The minimum atomic E-state index is -0.646. The maximum absolute atomic E-state index is 13.3. The predicted octanol–water partition coefficient (Wildman–Crippen LogP) is 1.79. The summed E-state index contributed by atoms with van der Waals surface area (Å²) in [5.74, 6) is -0.131. The maximum atomic E-state index is 13.3. The van der Waals surface area contributed by atoms with Crippen molar-refractivity contribution in [1.29, 1.82) is 0 Å². The second-order valence-electron chi connectivity index (χ2n) is 3.52. The van der Waals surface area contributed by atoms with Gasteiger partial charge in [0.2, 0.25) is 11.8 Å². The molecular weight excluding hydrogens is 237 g/mol. The first-order valence-corrected chi connectivity index (χ1v) is 5.23. The molecule has 0 aliphatic heterocycles. The number of benzene rings is 1. The number of halogens is 1. The first-order chi connectivity index (χ1) is 8.69. The molecule has 0 amide bonds. The topological polar surface area (TPSA) is 70.3 Å². The van der Waals surface area contributed by atoms with Crippen LogP contribution in [0.2, 0.25) is 0 Å². The molecule has 2 aromatic rings. The van der Waals surface area contributed by atoms with Gasteiger partial charge in [0.05, 0.1) is 13.3 Å². The molecule has 5 nitrogen and oxygen atoms in total. The summed E-state index contributed by atoms with van der Waals surface area (Å²) in [5.41, 5.74) is 6.19. The van der Waals surface area contributed by atoms with Gasteiger partial charge in [-0.3, -0.25) is 0 Å². The molecule has 0 unspecified atom stereocenters. The first kappa shape index (κ1) is 12.1. The Kier molecular flexibility index (Phi) is 3.57. The van der Waals surface area contributed by atoms with Crippen LogP contribution in [0.5, 0.6) is 11.6 Å². The molecule has 0 saturated carbocycles. The zero-order valence-electron chi connectivity index (χ0n) is 9.76. The van der Waals surface area contributed by atoms with E-state index in [2.05, 4.69) is 9.97 Å². The fourth-order valence-electron chi connectivity index (χ4n) is 1.38. The van der Waals surface area contributed by atoms with Crippen LogP contribution < -0.4 is 15.2 Å². The number of nitrogens with zero attached hydrogens (tertiary/aromatic N) is 2. The molecule has 18 heavy (non-hydrogen) atoms. The highest BCUT2D eigenvalue weighted by Crippen LogP contribution is 2.17. The molecule has 0 bridgehead atoms. The second-order valence-corrected chi connectivity index (χ2v) is 3.52. The van der Waals surface area contributed by atoms with Crippen LogP contribution in [0.25, 0.3) is 0 Å². The molecular formula is C12H12FN3O2. The summed E-state index contributed by atoms with van der Waals surface area (Å²) >= 11 is 0. The molecule has 94 valence electrons. The van der Waals surface area contributed by atoms with Crippen molar-refractivity contribution in [2.45, 2.75) is 6.61 Å². The van der Waals surface area contributed by atoms with Crippen molar-refractivity contribution >= 4 is 5.95 Å². The fourth-order valence-corrected chi connectivity index (χ4v) is 1.38. The van der Waals surface area contributed by atoms with Crippen LogP contribution in [0.4, 0.5) is 10.3 Å². The number of hydrogen-bond acceptors (Lipinski definition) is 5. The molecule has 2 rings (SSSR count). The summed E-state index contributed by atoms with van der Waals surface area (Å²) in [6.07, 6.45) is 0.975. The Balaban J connectivity index is 2.08. The van der Waals surface area contributed by atoms with E-state index in [9.17, 15) is 4.39 Å². The normalized spacial score (nSPS) is 10.1. The van der Waals surface area contributed by atoms with Gasteiger partial charge < -0.3 is 15.2 Å². The lowest BCUT2D eigenvalue weighted by Gasteiger charge is -2.07. The number of nitrogen functional groups attached to an aromatic ring is 1. The van der Waals surface area contributed by atoms with Crippen LogP contribution in [0.15, 0.2) is 30.5 Å². The van der Waals surface area contributed by atoms with Gasteiger partial charge in [-0.1, -0.05) is 12.1 Å². The summed E-state index contributed by atoms with van der Waals surface area (Å²) in [6.45, 7) is 0.171. The molecule has 2 N–H and O–H groups in total. The van der Waals surface area contributed by atoms with E-state index in [1.807, 2.05) is 18.2 Å². The standard InChI is InChI=1S/C12H12FN3O2/c1-17-9-4-2-3-8(5-9)7-18-11-10(13)6-15-12(14)16-11/h2-6H,7H2,1H3,(H2,14,15,16). The monoisotopic (exact) mass is 249 g/mol. The van der Waals surface area contributed by atoms with Gasteiger partial charge in [-0.05, 0) is 17.7 Å². The zero-order chi connectivity index (χ0) is 13.0. The Labute approximate surface area is 103 Å². The number of rotatable bonds is 4. The summed E-state index contributed by atoms with van der Waals surface area (Å²) in [6, 6.07) is 7.27. The zero-order valence-corrected chi connectivity index (χ0v) is 9.76. The fraction of sp³-hybridized carbons (Fsp3) is 0.167. The molecule has 0 atom stereocenters. The average molecular weight is 249 g/mol. The van der Waals surface area contributed by atoms with Crippen molar-refractivity contribution < 1.29 is 13.9 Å². The highest BCUT2D eigenvalue weighted by atomic mass is 19.1. The van der Waals surface area contributed by atoms with Gasteiger partial charge in [0.15, 0.2) is 0 Å². The van der Waals surface area contributed by atoms with Gasteiger partial charge in [-0.15, -0.1) is 0 Å². The van der Waals surface area contributed by atoms with E-state index >= 15 is 0 Å². The summed E-state index contributed by atoms with van der Waals surface area (Å²) in [5, 5.41) is 0. The van der Waals surface area contributed by atoms with Crippen molar-refractivity contribution in [3.63, 3.8) is 0 Å². The Morgan fingerprint density at radius 1 is 1.39 bits per heavy atom. The number of ether oxygens (including phenoxy) is 2. The minimum Gasteiger partial charge on any atom is -0.497 e. The second kappa shape index (κ2) is 5.31. The molecule has 0 radical (unpaired) electrons. The highest BCUT2D eigenvalue weighted by molar-refractivity contribution is 5.28. The van der Waals surface area contributed by atoms with Gasteiger partial charge in [-0.2, -0.15) is 9.37 Å². The van der Waals surface area contributed by atoms with Gasteiger partial charge in [0, 0.05) is 0 Å². The van der Waals surface area contributed by atoms with Gasteiger partial charge >= 0.3 is 0 Å². The smallest absolute Gasteiger partial charge is 0.255 e. The van der Waals surface area contributed by atoms with E-state index in [1.165, 1.54) is 0 Å². The van der Waals surface area contributed by atoms with Gasteiger partial charge in [-0.25, -0.2) is 4.98 Å². The Morgan fingerprint density at radius 2 is 2.22 bits per heavy atom. The number of methoxy groups -OCH3 is 1. The SMILES string of the molecule is COc1cccc(COc2nc(N)ncc2F)c1. The number of hydrogen-bond donors (Lipinski definition) is 1. The number of aromatic nitrogens is 2. The molecule has 1 aromatic carbocycles. The third-order valence-corrected chi connectivity index (χ3v) is 2.24. The van der Waals surface area contributed by atoms with Crippen molar-refractivity contribution in [3.05, 3.63) is 41.8 Å². The summed E-state index contributed by atoms with van der Waals surface area (Å²) in [4.78, 5) is 7.18. The Morgan fingerprint density at radius 3 is 3.00 bits per heavy atom.